The standard InChI is InChI=1S/C16H32N2O5P2/c1-15(2)5-11-21-24(19,12-6-15)17-7-9-18(10-8-17)25(20)22-13-16(3,4)14-23-25/h5-14H2,1-4H3. The minimum Gasteiger partial charge on any atom is -0.317 e. The van der Waals surface area contributed by atoms with Gasteiger partial charge in [0.1, 0.15) is 0 Å². The smallest absolute Gasteiger partial charge is 0.317 e. The van der Waals surface area contributed by atoms with E-state index in [4.69, 9.17) is 13.6 Å². The van der Waals surface area contributed by atoms with Gasteiger partial charge in [-0.15, -0.1) is 0 Å². The quantitative estimate of drug-likeness (QED) is 0.660. The summed E-state index contributed by atoms with van der Waals surface area (Å²) in [6, 6.07) is 0. The largest absolute Gasteiger partial charge is 0.408 e. The molecular weight excluding hydrogens is 362 g/mol. The summed E-state index contributed by atoms with van der Waals surface area (Å²) >= 11 is 0. The van der Waals surface area contributed by atoms with Crippen LogP contribution in [0.15, 0.2) is 0 Å². The number of nitrogens with zero attached hydrogens (tertiary/aromatic N) is 2. The van der Waals surface area contributed by atoms with Crippen molar-refractivity contribution in [3.8, 4) is 0 Å². The van der Waals surface area contributed by atoms with Crippen LogP contribution in [0.25, 0.3) is 0 Å². The van der Waals surface area contributed by atoms with Crippen molar-refractivity contribution in [1.29, 1.82) is 0 Å². The minimum absolute atomic E-state index is 0.110. The zero-order chi connectivity index (χ0) is 18.3. The van der Waals surface area contributed by atoms with Gasteiger partial charge >= 0.3 is 7.75 Å². The van der Waals surface area contributed by atoms with Crippen molar-refractivity contribution in [3.05, 3.63) is 0 Å². The zero-order valence-electron chi connectivity index (χ0n) is 15.9. The maximum Gasteiger partial charge on any atom is 0.408 e. The SMILES string of the molecule is CC1(C)CCOP(=O)(N2CCN(P3(=O)OCC(C)(C)CO3)CC2)CC1. The second-order valence-electron chi connectivity index (χ2n) is 8.95. The summed E-state index contributed by atoms with van der Waals surface area (Å²) < 4.78 is 47.0. The summed E-state index contributed by atoms with van der Waals surface area (Å²) in [4.78, 5) is 0. The zero-order valence-corrected chi connectivity index (χ0v) is 17.7. The lowest BCUT2D eigenvalue weighted by molar-refractivity contribution is 0.0170. The van der Waals surface area contributed by atoms with Crippen molar-refractivity contribution < 1.29 is 22.7 Å². The summed E-state index contributed by atoms with van der Waals surface area (Å²) in [7, 11) is -6.00. The van der Waals surface area contributed by atoms with Gasteiger partial charge in [0.15, 0.2) is 0 Å². The normalized spacial score (nSPS) is 36.6. The Kier molecular flexibility index (Phi) is 5.61. The van der Waals surface area contributed by atoms with Crippen LogP contribution in [-0.4, -0.2) is 61.5 Å². The van der Waals surface area contributed by atoms with Gasteiger partial charge in [-0.05, 0) is 18.3 Å². The van der Waals surface area contributed by atoms with Crippen molar-refractivity contribution in [2.75, 3.05) is 52.2 Å². The van der Waals surface area contributed by atoms with Crippen LogP contribution in [0.2, 0.25) is 0 Å². The van der Waals surface area contributed by atoms with Crippen molar-refractivity contribution in [2.24, 2.45) is 10.8 Å². The molecule has 7 nitrogen and oxygen atoms in total. The maximum atomic E-state index is 13.3. The maximum absolute atomic E-state index is 13.3. The van der Waals surface area contributed by atoms with Crippen LogP contribution < -0.4 is 0 Å². The molecule has 0 aromatic heterocycles. The van der Waals surface area contributed by atoms with Gasteiger partial charge in [-0.1, -0.05) is 27.7 Å². The number of piperazine rings is 1. The monoisotopic (exact) mass is 394 g/mol. The molecule has 3 heterocycles. The molecule has 0 bridgehead atoms. The van der Waals surface area contributed by atoms with Crippen LogP contribution in [0.4, 0.5) is 0 Å². The van der Waals surface area contributed by atoms with Gasteiger partial charge in [0.2, 0.25) is 0 Å². The molecule has 9 heteroatoms. The first-order valence-electron chi connectivity index (χ1n) is 9.17. The van der Waals surface area contributed by atoms with Gasteiger partial charge in [-0.25, -0.2) is 13.9 Å². The molecule has 0 amide bonds. The van der Waals surface area contributed by atoms with Crippen LogP contribution >= 0.6 is 15.3 Å². The van der Waals surface area contributed by atoms with Gasteiger partial charge in [-0.3, -0.25) is 13.6 Å². The predicted octanol–water partition coefficient (Wildman–Crippen LogP) is 3.81. The van der Waals surface area contributed by atoms with Gasteiger partial charge in [-0.2, -0.15) is 0 Å². The van der Waals surface area contributed by atoms with Crippen LogP contribution in [0, 0.1) is 10.8 Å². The third-order valence-corrected chi connectivity index (χ3v) is 10.0. The minimum atomic E-state index is -3.21. The van der Waals surface area contributed by atoms with E-state index in [1.54, 1.807) is 4.67 Å². The van der Waals surface area contributed by atoms with Gasteiger partial charge in [0, 0.05) is 37.8 Å². The lowest BCUT2D eigenvalue weighted by Gasteiger charge is -2.43. The molecule has 0 radical (unpaired) electrons. The fourth-order valence-corrected chi connectivity index (χ4v) is 8.03. The molecule has 3 saturated heterocycles. The van der Waals surface area contributed by atoms with Crippen LogP contribution in [0.1, 0.15) is 40.5 Å². The first-order chi connectivity index (χ1) is 11.5. The average molecular weight is 394 g/mol. The molecule has 3 fully saturated rings. The Balaban J connectivity index is 1.58. The summed E-state index contributed by atoms with van der Waals surface area (Å²) in [5, 5.41) is 0. The second-order valence-corrected chi connectivity index (χ2v) is 13.5. The van der Waals surface area contributed by atoms with E-state index >= 15 is 0 Å². The van der Waals surface area contributed by atoms with Crippen molar-refractivity contribution in [2.45, 2.75) is 40.5 Å². The lowest BCUT2D eigenvalue weighted by atomic mass is 9.87. The van der Waals surface area contributed by atoms with E-state index in [1.165, 1.54) is 0 Å². The van der Waals surface area contributed by atoms with E-state index in [0.717, 1.165) is 12.8 Å². The van der Waals surface area contributed by atoms with E-state index in [1.807, 2.05) is 18.5 Å². The van der Waals surface area contributed by atoms with Crippen molar-refractivity contribution in [1.82, 2.24) is 9.34 Å². The highest BCUT2D eigenvalue weighted by molar-refractivity contribution is 7.56. The molecule has 146 valence electrons. The first-order valence-corrected chi connectivity index (χ1v) is 12.4. The fraction of sp³-hybridized carbons (Fsp3) is 1.00. The first kappa shape index (κ1) is 20.0. The van der Waals surface area contributed by atoms with Crippen molar-refractivity contribution >= 4 is 15.3 Å². The molecule has 3 aliphatic heterocycles. The summed E-state index contributed by atoms with van der Waals surface area (Å²) in [5.74, 6) is 0. The van der Waals surface area contributed by atoms with Gasteiger partial charge in [0.05, 0.1) is 19.8 Å². The fourth-order valence-electron chi connectivity index (χ4n) is 3.31. The molecule has 0 aliphatic carbocycles. The Morgan fingerprint density at radius 3 is 1.92 bits per heavy atom. The Morgan fingerprint density at radius 2 is 1.32 bits per heavy atom. The van der Waals surface area contributed by atoms with E-state index in [0.29, 0.717) is 52.2 Å². The average Bonchev–Trinajstić information content (AvgIpc) is 2.70. The second kappa shape index (κ2) is 7.01. The Morgan fingerprint density at radius 1 is 0.760 bits per heavy atom. The van der Waals surface area contributed by atoms with E-state index in [9.17, 15) is 9.13 Å². The predicted molar refractivity (Wildman–Crippen MR) is 97.9 cm³/mol. The Bertz CT molecular complexity index is 573. The van der Waals surface area contributed by atoms with Crippen LogP contribution in [0.3, 0.4) is 0 Å². The number of hydrogen-bond donors (Lipinski definition) is 0. The molecule has 3 aliphatic rings. The van der Waals surface area contributed by atoms with E-state index < -0.39 is 15.3 Å². The van der Waals surface area contributed by atoms with Crippen LogP contribution in [0.5, 0.6) is 0 Å². The number of rotatable bonds is 2. The highest BCUT2D eigenvalue weighted by Gasteiger charge is 2.45. The topological polar surface area (TPSA) is 68.3 Å². The Labute approximate surface area is 151 Å². The highest BCUT2D eigenvalue weighted by Crippen LogP contribution is 2.59. The molecule has 1 unspecified atom stereocenters. The van der Waals surface area contributed by atoms with Gasteiger partial charge < -0.3 is 4.52 Å². The summed E-state index contributed by atoms with van der Waals surface area (Å²) in [5.41, 5.74) is 0.0660. The molecule has 3 rings (SSSR count). The van der Waals surface area contributed by atoms with Gasteiger partial charge in [0.25, 0.3) is 7.52 Å². The molecule has 1 atom stereocenters. The molecule has 0 saturated carbocycles. The molecule has 0 spiro atoms. The van der Waals surface area contributed by atoms with E-state index in [-0.39, 0.29) is 10.8 Å². The molecule has 0 aromatic carbocycles. The Hall–Kier alpha value is 0.260. The molecule has 0 aromatic rings. The highest BCUT2D eigenvalue weighted by atomic mass is 31.2. The third kappa shape index (κ3) is 4.57. The summed E-state index contributed by atoms with van der Waals surface area (Å²) in [6.07, 6.45) is 2.44. The van der Waals surface area contributed by atoms with Crippen molar-refractivity contribution in [3.63, 3.8) is 0 Å². The molecule has 0 N–H and O–H groups in total. The number of hydrogen-bond acceptors (Lipinski definition) is 5. The lowest BCUT2D eigenvalue weighted by Crippen LogP contribution is -2.45. The summed E-state index contributed by atoms with van der Waals surface area (Å²) in [6.45, 7) is 12.1. The molecular formula is C16H32N2O5P2. The van der Waals surface area contributed by atoms with Crippen LogP contribution in [-0.2, 0) is 22.7 Å². The third-order valence-electron chi connectivity index (χ3n) is 5.39. The van der Waals surface area contributed by atoms with E-state index in [2.05, 4.69) is 13.8 Å². The molecule has 25 heavy (non-hydrogen) atoms.